The molecule has 130 valence electrons. The number of amides is 1. The molecule has 8 heteroatoms. The van der Waals surface area contributed by atoms with Gasteiger partial charge in [-0.05, 0) is 37.3 Å². The molecule has 0 saturated carbocycles. The predicted octanol–water partition coefficient (Wildman–Crippen LogP) is 5.41. The average Bonchev–Trinajstić information content (AvgIpc) is 3.21. The normalized spacial score (nSPS) is 11.0. The van der Waals surface area contributed by atoms with Gasteiger partial charge in [-0.1, -0.05) is 28.1 Å². The predicted molar refractivity (Wildman–Crippen MR) is 102 cm³/mol. The number of benzene rings is 2. The zero-order chi connectivity index (χ0) is 18.3. The molecule has 0 fully saturated rings. The Bertz CT molecular complexity index is 1120. The van der Waals surface area contributed by atoms with Crippen LogP contribution in [0.4, 0.5) is 9.52 Å². The van der Waals surface area contributed by atoms with Gasteiger partial charge in [0, 0.05) is 32.5 Å². The minimum absolute atomic E-state index is 0.131. The molecular formula is C18H11BrFN3O2S. The number of carbonyl (C=O) groups excluding carboxylic acids is 1. The Morgan fingerprint density at radius 1 is 1.23 bits per heavy atom. The fourth-order valence-electron chi connectivity index (χ4n) is 2.55. The van der Waals surface area contributed by atoms with E-state index in [1.807, 2.05) is 24.3 Å². The molecule has 2 aromatic carbocycles. The zero-order valence-electron chi connectivity index (χ0n) is 13.4. The molecule has 5 nitrogen and oxygen atoms in total. The van der Waals surface area contributed by atoms with Crippen molar-refractivity contribution in [2.24, 2.45) is 0 Å². The van der Waals surface area contributed by atoms with Crippen molar-refractivity contribution in [3.05, 3.63) is 64.1 Å². The molecule has 0 atom stereocenters. The van der Waals surface area contributed by atoms with Gasteiger partial charge in [-0.3, -0.25) is 10.1 Å². The Labute approximate surface area is 160 Å². The third-order valence-electron chi connectivity index (χ3n) is 3.85. The van der Waals surface area contributed by atoms with E-state index in [9.17, 15) is 9.18 Å². The molecule has 0 radical (unpaired) electrons. The summed E-state index contributed by atoms with van der Waals surface area (Å²) >= 11 is 4.46. The van der Waals surface area contributed by atoms with Gasteiger partial charge >= 0.3 is 0 Å². The lowest BCUT2D eigenvalue weighted by Gasteiger charge is -1.99. The summed E-state index contributed by atoms with van der Waals surface area (Å²) in [6.07, 6.45) is 0. The molecule has 0 saturated heterocycles. The zero-order valence-corrected chi connectivity index (χ0v) is 15.8. The fraction of sp³-hybridized carbons (Fsp3) is 0.0556. The van der Waals surface area contributed by atoms with Gasteiger partial charge in [0.25, 0.3) is 5.91 Å². The van der Waals surface area contributed by atoms with Gasteiger partial charge in [0.2, 0.25) is 5.13 Å². The van der Waals surface area contributed by atoms with Crippen molar-refractivity contribution in [1.82, 2.24) is 9.36 Å². The SMILES string of the molecule is Cc1c(C(=O)Nc2nc(-c3ccc(Br)cc3)ns2)oc2ccc(F)cc12. The van der Waals surface area contributed by atoms with Crippen LogP contribution in [-0.4, -0.2) is 15.3 Å². The summed E-state index contributed by atoms with van der Waals surface area (Å²) in [5.41, 5.74) is 1.89. The maximum absolute atomic E-state index is 13.4. The van der Waals surface area contributed by atoms with E-state index >= 15 is 0 Å². The average molecular weight is 432 g/mol. The topological polar surface area (TPSA) is 68.0 Å². The number of hydrogen-bond donors (Lipinski definition) is 1. The van der Waals surface area contributed by atoms with E-state index in [1.54, 1.807) is 6.92 Å². The van der Waals surface area contributed by atoms with Gasteiger partial charge in [-0.25, -0.2) is 4.39 Å². The van der Waals surface area contributed by atoms with E-state index in [1.165, 1.54) is 18.2 Å². The van der Waals surface area contributed by atoms with Gasteiger partial charge < -0.3 is 4.42 Å². The summed E-state index contributed by atoms with van der Waals surface area (Å²) in [5, 5.41) is 3.62. The Hall–Kier alpha value is -2.58. The number of nitrogens with one attached hydrogen (secondary N) is 1. The number of furan rings is 1. The minimum atomic E-state index is -0.447. The first-order valence-corrected chi connectivity index (χ1v) is 9.17. The second kappa shape index (κ2) is 6.62. The number of anilines is 1. The van der Waals surface area contributed by atoms with Crippen molar-refractivity contribution in [3.63, 3.8) is 0 Å². The number of halogens is 2. The van der Waals surface area contributed by atoms with E-state index in [0.29, 0.717) is 27.5 Å². The summed E-state index contributed by atoms with van der Waals surface area (Å²) in [6.45, 7) is 1.72. The second-order valence-electron chi connectivity index (χ2n) is 5.58. The fourth-order valence-corrected chi connectivity index (χ4v) is 3.40. The first kappa shape index (κ1) is 16.9. The molecule has 2 heterocycles. The summed E-state index contributed by atoms with van der Waals surface area (Å²) in [6, 6.07) is 11.7. The van der Waals surface area contributed by atoms with Crippen LogP contribution in [0.5, 0.6) is 0 Å². The summed E-state index contributed by atoms with van der Waals surface area (Å²) < 4.78 is 24.2. The number of aromatic nitrogens is 2. The van der Waals surface area contributed by atoms with E-state index in [2.05, 4.69) is 30.6 Å². The molecule has 0 aliphatic carbocycles. The number of hydrogen-bond acceptors (Lipinski definition) is 5. The van der Waals surface area contributed by atoms with Gasteiger partial charge in [0.05, 0.1) is 0 Å². The van der Waals surface area contributed by atoms with Crippen LogP contribution in [-0.2, 0) is 0 Å². The summed E-state index contributed by atoms with van der Waals surface area (Å²) in [7, 11) is 0. The van der Waals surface area contributed by atoms with Crippen LogP contribution in [0.25, 0.3) is 22.4 Å². The van der Waals surface area contributed by atoms with E-state index in [-0.39, 0.29) is 11.6 Å². The maximum Gasteiger partial charge on any atom is 0.293 e. The first-order chi connectivity index (χ1) is 12.5. The highest BCUT2D eigenvalue weighted by Gasteiger charge is 2.19. The number of nitrogens with zero attached hydrogens (tertiary/aromatic N) is 2. The van der Waals surface area contributed by atoms with Crippen LogP contribution >= 0.6 is 27.5 Å². The molecule has 1 amide bonds. The molecule has 2 aromatic heterocycles. The highest BCUT2D eigenvalue weighted by atomic mass is 79.9. The van der Waals surface area contributed by atoms with Crippen LogP contribution in [0.3, 0.4) is 0 Å². The van der Waals surface area contributed by atoms with Gasteiger partial charge in [0.15, 0.2) is 11.6 Å². The minimum Gasteiger partial charge on any atom is -0.451 e. The highest BCUT2D eigenvalue weighted by Crippen LogP contribution is 2.28. The number of aryl methyl sites for hydroxylation is 1. The molecule has 0 aliphatic heterocycles. The molecule has 4 aromatic rings. The first-order valence-electron chi connectivity index (χ1n) is 7.61. The molecule has 0 aliphatic rings. The molecule has 1 N–H and O–H groups in total. The Balaban J connectivity index is 1.59. The van der Waals surface area contributed by atoms with E-state index < -0.39 is 5.91 Å². The number of fused-ring (bicyclic) bond motifs is 1. The van der Waals surface area contributed by atoms with Crippen molar-refractivity contribution >= 4 is 49.5 Å². The van der Waals surface area contributed by atoms with Crippen molar-refractivity contribution in [1.29, 1.82) is 0 Å². The van der Waals surface area contributed by atoms with Gasteiger partial charge in [-0.2, -0.15) is 9.36 Å². The lowest BCUT2D eigenvalue weighted by molar-refractivity contribution is 0.0998. The Morgan fingerprint density at radius 2 is 2.00 bits per heavy atom. The maximum atomic E-state index is 13.4. The number of carbonyl (C=O) groups is 1. The van der Waals surface area contributed by atoms with Crippen LogP contribution in [0, 0.1) is 12.7 Å². The monoisotopic (exact) mass is 431 g/mol. The highest BCUT2D eigenvalue weighted by molar-refractivity contribution is 9.10. The lowest BCUT2D eigenvalue weighted by atomic mass is 10.1. The third-order valence-corrected chi connectivity index (χ3v) is 5.01. The van der Waals surface area contributed by atoms with Crippen molar-refractivity contribution in [3.8, 4) is 11.4 Å². The van der Waals surface area contributed by atoms with Gasteiger partial charge in [-0.15, -0.1) is 0 Å². The largest absolute Gasteiger partial charge is 0.451 e. The van der Waals surface area contributed by atoms with Crippen LogP contribution in [0.2, 0.25) is 0 Å². The van der Waals surface area contributed by atoms with Crippen molar-refractivity contribution in [2.45, 2.75) is 6.92 Å². The molecule has 26 heavy (non-hydrogen) atoms. The Morgan fingerprint density at radius 3 is 2.77 bits per heavy atom. The van der Waals surface area contributed by atoms with Crippen molar-refractivity contribution in [2.75, 3.05) is 5.32 Å². The number of rotatable bonds is 3. The lowest BCUT2D eigenvalue weighted by Crippen LogP contribution is -2.11. The Kier molecular flexibility index (Phi) is 4.29. The van der Waals surface area contributed by atoms with Crippen LogP contribution in [0.15, 0.2) is 51.4 Å². The summed E-state index contributed by atoms with van der Waals surface area (Å²) in [4.78, 5) is 16.8. The van der Waals surface area contributed by atoms with Crippen LogP contribution < -0.4 is 5.32 Å². The van der Waals surface area contributed by atoms with Crippen molar-refractivity contribution < 1.29 is 13.6 Å². The van der Waals surface area contributed by atoms with Gasteiger partial charge in [0.1, 0.15) is 11.4 Å². The quantitative estimate of drug-likeness (QED) is 0.470. The third kappa shape index (κ3) is 3.13. The molecular weight excluding hydrogens is 421 g/mol. The van der Waals surface area contributed by atoms with E-state index in [0.717, 1.165) is 21.6 Å². The van der Waals surface area contributed by atoms with E-state index in [4.69, 9.17) is 4.42 Å². The summed E-state index contributed by atoms with van der Waals surface area (Å²) in [5.74, 6) is -0.165. The molecule has 0 spiro atoms. The molecule has 4 rings (SSSR count). The van der Waals surface area contributed by atoms with Crippen LogP contribution in [0.1, 0.15) is 16.1 Å². The standard InChI is InChI=1S/C18H11BrFN3O2S/c1-9-13-8-12(20)6-7-14(13)25-15(9)17(24)22-18-21-16(23-26-18)10-2-4-11(19)5-3-10/h2-8H,1H3,(H,21,22,23,24). The molecule has 0 unspecified atom stereocenters. The smallest absolute Gasteiger partial charge is 0.293 e. The molecule has 0 bridgehead atoms. The second-order valence-corrected chi connectivity index (χ2v) is 7.25.